The minimum Gasteiger partial charge on any atom is -0.354 e. The van der Waals surface area contributed by atoms with Gasteiger partial charge in [0.1, 0.15) is 0 Å². The second-order valence-electron chi connectivity index (χ2n) is 16.5. The lowest BCUT2D eigenvalue weighted by Gasteiger charge is -2.10. The van der Waals surface area contributed by atoms with Gasteiger partial charge in [-0.2, -0.15) is 0 Å². The van der Waals surface area contributed by atoms with Crippen molar-refractivity contribution in [2.24, 2.45) is 0 Å². The van der Waals surface area contributed by atoms with Crippen LogP contribution in [-0.4, -0.2) is 19.9 Å². The summed E-state index contributed by atoms with van der Waals surface area (Å²) in [5.41, 5.74) is 18.2. The number of nitrogens with one attached hydrogen (secondary N) is 2. The fourth-order valence-electron chi connectivity index (χ4n) is 8.15. The number of fused-ring (bicyclic) bond motifs is 8. The molecule has 8 bridgehead atoms. The summed E-state index contributed by atoms with van der Waals surface area (Å²) in [5.74, 6) is 0. The van der Waals surface area contributed by atoms with Crippen molar-refractivity contribution in [3.63, 3.8) is 0 Å². The van der Waals surface area contributed by atoms with Crippen LogP contribution < -0.4 is 0 Å². The number of nitrogens with zero attached hydrogens (tertiary/aromatic N) is 2. The molecule has 64 heavy (non-hydrogen) atoms. The molecular weight excluding hydrogens is 857 g/mol. The summed E-state index contributed by atoms with van der Waals surface area (Å²) < 4.78 is 0. The van der Waals surface area contributed by atoms with E-state index < -0.39 is 0 Å². The second-order valence-corrected chi connectivity index (χ2v) is 20.7. The lowest BCUT2D eigenvalue weighted by Crippen LogP contribution is -1.90. The van der Waals surface area contributed by atoms with Crippen molar-refractivity contribution >= 4 is 93.4 Å². The largest absolute Gasteiger partial charge is 0.354 e. The molecule has 322 valence electrons. The Hall–Kier alpha value is -5.12. The van der Waals surface area contributed by atoms with E-state index in [1.807, 2.05) is 0 Å². The van der Waals surface area contributed by atoms with E-state index in [1.165, 1.54) is 64.1 Å². The van der Waals surface area contributed by atoms with Gasteiger partial charge >= 0.3 is 0 Å². The summed E-state index contributed by atoms with van der Waals surface area (Å²) in [6, 6.07) is 36.3. The monoisotopic (exact) mass is 910 g/mol. The fourth-order valence-corrected chi connectivity index (χ4v) is 12.2. The molecule has 7 aromatic rings. The summed E-state index contributed by atoms with van der Waals surface area (Å²) in [6.07, 6.45) is 12.8. The van der Waals surface area contributed by atoms with Crippen molar-refractivity contribution in [1.29, 1.82) is 0 Å². The molecule has 4 nitrogen and oxygen atoms in total. The summed E-state index contributed by atoms with van der Waals surface area (Å²) in [5, 5.41) is 0. The smallest absolute Gasteiger partial charge is 0.0798 e. The molecule has 8 heteroatoms. The number of aromatic amines is 2. The van der Waals surface area contributed by atoms with Gasteiger partial charge in [-0.25, -0.2) is 9.97 Å². The molecule has 0 fully saturated rings. The normalized spacial score (nSPS) is 12.1. The van der Waals surface area contributed by atoms with Gasteiger partial charge in [-0.15, -0.1) is 0 Å². The van der Waals surface area contributed by atoms with Crippen molar-refractivity contribution in [3.8, 4) is 0 Å². The van der Waals surface area contributed by atoms with Gasteiger partial charge in [-0.3, -0.25) is 0 Å². The maximum Gasteiger partial charge on any atom is 0.0798 e. The summed E-state index contributed by atoms with van der Waals surface area (Å²) in [4.78, 5) is 28.1. The van der Waals surface area contributed by atoms with Gasteiger partial charge in [0.05, 0.1) is 64.4 Å². The molecule has 2 aliphatic rings. The standard InChI is InChI=1S/C56H54N4S4/c1-9-37-13-25-49(33(5)29-37)61-53-41-17-19-43(57-41)54(62-50-26-14-38(10-2)30-34(50)6)45-21-23-47(59-45)56(64-52-28-16-40(12-4)32-36(52)8)48-24-22-46(60-48)55(44-20-18-42(53)58-44)63-51-27-15-39(11-3)31-35(51)7/h13-32,57,60H,9-12H2,1-8H3. The van der Waals surface area contributed by atoms with Gasteiger partial charge in [-0.1, -0.05) is 123 Å². The van der Waals surface area contributed by atoms with E-state index in [0.717, 1.165) is 90.1 Å². The van der Waals surface area contributed by atoms with E-state index in [4.69, 9.17) is 9.97 Å². The maximum absolute atomic E-state index is 5.54. The van der Waals surface area contributed by atoms with Crippen LogP contribution in [0, 0.1) is 27.7 Å². The van der Waals surface area contributed by atoms with Gasteiger partial charge in [0, 0.05) is 19.6 Å². The minimum atomic E-state index is 0.935. The molecule has 0 unspecified atom stereocenters. The molecule has 0 radical (unpaired) electrons. The highest BCUT2D eigenvalue weighted by Crippen LogP contribution is 2.44. The van der Waals surface area contributed by atoms with Gasteiger partial charge in [0.2, 0.25) is 0 Å². The first-order valence-corrected chi connectivity index (χ1v) is 25.6. The van der Waals surface area contributed by atoms with E-state index in [1.54, 1.807) is 47.0 Å². The van der Waals surface area contributed by atoms with Gasteiger partial charge < -0.3 is 9.97 Å². The third kappa shape index (κ3) is 9.21. The molecule has 0 spiro atoms. The Kier molecular flexibility index (Phi) is 13.2. The third-order valence-corrected chi connectivity index (χ3v) is 17.2. The molecule has 0 saturated heterocycles. The number of rotatable bonds is 12. The lowest BCUT2D eigenvalue weighted by atomic mass is 10.1. The third-order valence-electron chi connectivity index (χ3n) is 12.0. The number of hydrogen-bond donors (Lipinski definition) is 2. The zero-order valence-corrected chi connectivity index (χ0v) is 41.2. The van der Waals surface area contributed by atoms with Crippen LogP contribution in [0.25, 0.3) is 46.4 Å². The summed E-state index contributed by atoms with van der Waals surface area (Å²) >= 11 is 7.14. The molecule has 0 amide bonds. The van der Waals surface area contributed by atoms with Crippen LogP contribution in [0.1, 0.15) is 95.0 Å². The number of aromatic nitrogens is 4. The van der Waals surface area contributed by atoms with Gasteiger partial charge in [0.15, 0.2) is 0 Å². The first-order chi connectivity index (χ1) is 31.1. The molecule has 2 aliphatic heterocycles. The summed E-state index contributed by atoms with van der Waals surface area (Å²) in [7, 11) is 0. The zero-order chi connectivity index (χ0) is 44.5. The number of H-pyrrole nitrogens is 2. The van der Waals surface area contributed by atoms with Crippen LogP contribution in [0.5, 0.6) is 0 Å². The van der Waals surface area contributed by atoms with Crippen LogP contribution in [0.15, 0.2) is 136 Å². The van der Waals surface area contributed by atoms with Crippen LogP contribution >= 0.6 is 47.0 Å². The van der Waals surface area contributed by atoms with Crippen molar-refractivity contribution in [2.45, 2.75) is 120 Å². The van der Waals surface area contributed by atoms with Crippen molar-refractivity contribution in [1.82, 2.24) is 19.9 Å². The molecule has 2 N–H and O–H groups in total. The lowest BCUT2D eigenvalue weighted by molar-refractivity contribution is 1.11. The average molecular weight is 911 g/mol. The van der Waals surface area contributed by atoms with Crippen LogP contribution in [0.3, 0.4) is 0 Å². The molecule has 4 aromatic carbocycles. The van der Waals surface area contributed by atoms with Crippen molar-refractivity contribution in [2.75, 3.05) is 0 Å². The van der Waals surface area contributed by atoms with E-state index in [2.05, 4.69) is 187 Å². The molecule has 3 aromatic heterocycles. The average Bonchev–Trinajstić information content (AvgIpc) is 4.16. The molecule has 0 atom stereocenters. The predicted octanol–water partition coefficient (Wildman–Crippen LogP) is 16.7. The molecule has 0 saturated carbocycles. The van der Waals surface area contributed by atoms with Crippen molar-refractivity contribution in [3.05, 3.63) is 164 Å². The zero-order valence-electron chi connectivity index (χ0n) is 37.9. The fraction of sp³-hybridized carbons (Fsp3) is 0.214. The Morgan fingerprint density at radius 2 is 0.578 bits per heavy atom. The Labute approximate surface area is 395 Å². The minimum absolute atomic E-state index is 0.935. The van der Waals surface area contributed by atoms with E-state index >= 15 is 0 Å². The number of benzene rings is 4. The van der Waals surface area contributed by atoms with Crippen LogP contribution in [0.4, 0.5) is 0 Å². The molecular formula is C56H54N4S4. The highest BCUT2D eigenvalue weighted by atomic mass is 32.2. The van der Waals surface area contributed by atoms with Gasteiger partial charge in [0.25, 0.3) is 0 Å². The van der Waals surface area contributed by atoms with E-state index in [-0.39, 0.29) is 0 Å². The Bertz CT molecular complexity index is 2760. The Morgan fingerprint density at radius 3 is 0.781 bits per heavy atom. The van der Waals surface area contributed by atoms with Crippen molar-refractivity contribution < 1.29 is 0 Å². The topological polar surface area (TPSA) is 57.4 Å². The molecule has 5 heterocycles. The Balaban J connectivity index is 1.35. The predicted molar refractivity (Wildman–Crippen MR) is 278 cm³/mol. The number of hydrogen-bond acceptors (Lipinski definition) is 6. The maximum atomic E-state index is 5.54. The Morgan fingerprint density at radius 1 is 0.344 bits per heavy atom. The van der Waals surface area contributed by atoms with Gasteiger partial charge in [-0.05, 0) is 171 Å². The highest BCUT2D eigenvalue weighted by molar-refractivity contribution is 8.00. The first kappa shape index (κ1) is 44.1. The number of aryl methyl sites for hydroxylation is 8. The molecule has 9 rings (SSSR count). The second kappa shape index (κ2) is 19.2. The highest BCUT2D eigenvalue weighted by Gasteiger charge is 2.20. The van der Waals surface area contributed by atoms with E-state index in [9.17, 15) is 0 Å². The van der Waals surface area contributed by atoms with Crippen LogP contribution in [-0.2, 0) is 25.7 Å². The van der Waals surface area contributed by atoms with Crippen LogP contribution in [0.2, 0.25) is 0 Å². The summed E-state index contributed by atoms with van der Waals surface area (Å²) in [6.45, 7) is 17.7. The molecule has 0 aliphatic carbocycles. The SMILES string of the molecule is CCc1ccc(Sc2c3nc(c(Sc4ccc(CC)cc4C)c4ccc([nH]4)c(Sc4ccc(CC)cc4C)c4nc(c(Sc5ccc(CC)cc5C)c5ccc2[nH]5)C=C4)C=C3)c(C)c1. The quantitative estimate of drug-likeness (QED) is 0.127. The van der Waals surface area contributed by atoms with E-state index in [0.29, 0.717) is 0 Å². The first-order valence-electron chi connectivity index (χ1n) is 22.4.